The first-order valence-corrected chi connectivity index (χ1v) is 7.92. The number of alkyl halides is 3. The van der Waals surface area contributed by atoms with E-state index < -0.39 is 6.36 Å². The zero-order valence-electron chi connectivity index (χ0n) is 13.0. The molecule has 2 bridgehead atoms. The van der Waals surface area contributed by atoms with Crippen molar-refractivity contribution in [1.82, 2.24) is 4.90 Å². The molecule has 6 heteroatoms. The molecule has 126 valence electrons. The Kier molecular flexibility index (Phi) is 4.25. The summed E-state index contributed by atoms with van der Waals surface area (Å²) in [6.07, 6.45) is -0.376. The van der Waals surface area contributed by atoms with Gasteiger partial charge in [0.25, 0.3) is 0 Å². The van der Waals surface area contributed by atoms with Gasteiger partial charge in [0, 0.05) is 25.1 Å². The van der Waals surface area contributed by atoms with Crippen LogP contribution in [0.3, 0.4) is 0 Å². The molecule has 3 rings (SSSR count). The Hall–Kier alpha value is -1.72. The van der Waals surface area contributed by atoms with Crippen molar-refractivity contribution in [3.8, 4) is 5.75 Å². The van der Waals surface area contributed by atoms with Crippen LogP contribution in [-0.2, 0) is 11.3 Å². The highest BCUT2D eigenvalue weighted by atomic mass is 19.4. The van der Waals surface area contributed by atoms with Crippen molar-refractivity contribution in [1.29, 1.82) is 0 Å². The van der Waals surface area contributed by atoms with Crippen molar-refractivity contribution in [2.75, 3.05) is 7.05 Å². The number of carbonyl (C=O) groups excluding carboxylic acids is 1. The molecule has 0 spiro atoms. The molecule has 0 heterocycles. The minimum Gasteiger partial charge on any atom is -0.405 e. The van der Waals surface area contributed by atoms with Crippen molar-refractivity contribution in [3.63, 3.8) is 0 Å². The van der Waals surface area contributed by atoms with Gasteiger partial charge in [0.1, 0.15) is 5.75 Å². The quantitative estimate of drug-likeness (QED) is 0.837. The molecule has 2 fully saturated rings. The smallest absolute Gasteiger partial charge is 0.405 e. The van der Waals surface area contributed by atoms with Gasteiger partial charge < -0.3 is 9.64 Å². The summed E-state index contributed by atoms with van der Waals surface area (Å²) in [5.41, 5.74) is 0.365. The van der Waals surface area contributed by atoms with Gasteiger partial charge in [0.15, 0.2) is 0 Å². The van der Waals surface area contributed by atoms with Gasteiger partial charge in [-0.15, -0.1) is 13.2 Å². The third-order valence-corrected chi connectivity index (χ3v) is 5.04. The molecule has 0 aromatic heterocycles. The summed E-state index contributed by atoms with van der Waals surface area (Å²) in [6.45, 7) is 0.124. The SMILES string of the molecule is CN(Cc1ccccc1OC(F)(F)F)C(=O)C1CC2CCC1C2. The molecule has 23 heavy (non-hydrogen) atoms. The van der Waals surface area contributed by atoms with Crippen molar-refractivity contribution < 1.29 is 22.7 Å². The summed E-state index contributed by atoms with van der Waals surface area (Å²) >= 11 is 0. The zero-order chi connectivity index (χ0) is 16.6. The maximum absolute atomic E-state index is 12.6. The minimum atomic E-state index is -4.73. The van der Waals surface area contributed by atoms with E-state index in [2.05, 4.69) is 4.74 Å². The normalized spacial score (nSPS) is 26.3. The van der Waals surface area contributed by atoms with Gasteiger partial charge in [-0.05, 0) is 37.2 Å². The average molecular weight is 327 g/mol. The van der Waals surface area contributed by atoms with Gasteiger partial charge in [0.05, 0.1) is 0 Å². The number of amides is 1. The minimum absolute atomic E-state index is 0.0365. The number of hydrogen-bond donors (Lipinski definition) is 0. The third kappa shape index (κ3) is 3.62. The van der Waals surface area contributed by atoms with Crippen LogP contribution in [0.25, 0.3) is 0 Å². The molecule has 1 aromatic rings. The topological polar surface area (TPSA) is 29.5 Å². The van der Waals surface area contributed by atoms with Crippen LogP contribution in [0.15, 0.2) is 24.3 Å². The number of fused-ring (bicyclic) bond motifs is 2. The van der Waals surface area contributed by atoms with Gasteiger partial charge >= 0.3 is 6.36 Å². The van der Waals surface area contributed by atoms with Crippen LogP contribution in [0.2, 0.25) is 0 Å². The van der Waals surface area contributed by atoms with Crippen LogP contribution in [0.4, 0.5) is 13.2 Å². The van der Waals surface area contributed by atoms with Crippen molar-refractivity contribution in [3.05, 3.63) is 29.8 Å². The first kappa shape index (κ1) is 16.1. The molecule has 2 aliphatic rings. The lowest BCUT2D eigenvalue weighted by Gasteiger charge is -2.27. The summed E-state index contributed by atoms with van der Waals surface area (Å²) in [4.78, 5) is 14.1. The van der Waals surface area contributed by atoms with Gasteiger partial charge in [-0.3, -0.25) is 4.79 Å². The van der Waals surface area contributed by atoms with Crippen molar-refractivity contribution in [2.24, 2.45) is 17.8 Å². The maximum atomic E-state index is 12.6. The lowest BCUT2D eigenvalue weighted by Crippen LogP contribution is -2.35. The summed E-state index contributed by atoms with van der Waals surface area (Å²) in [5, 5.41) is 0. The van der Waals surface area contributed by atoms with E-state index >= 15 is 0 Å². The van der Waals surface area contributed by atoms with E-state index in [0.717, 1.165) is 19.3 Å². The van der Waals surface area contributed by atoms with Crippen LogP contribution in [0.1, 0.15) is 31.2 Å². The zero-order valence-corrected chi connectivity index (χ0v) is 13.0. The largest absolute Gasteiger partial charge is 0.573 e. The molecular weight excluding hydrogens is 307 g/mol. The fourth-order valence-electron chi connectivity index (χ4n) is 4.02. The van der Waals surface area contributed by atoms with Gasteiger partial charge in [-0.1, -0.05) is 24.6 Å². The van der Waals surface area contributed by atoms with Gasteiger partial charge in [0.2, 0.25) is 5.91 Å². The standard InChI is InChI=1S/C17H20F3NO2/c1-21(16(22)14-9-11-6-7-12(14)8-11)10-13-4-2-3-5-15(13)23-17(18,19)20/h2-5,11-12,14H,6-10H2,1H3. The molecule has 0 radical (unpaired) electrons. The van der Waals surface area contributed by atoms with Crippen molar-refractivity contribution >= 4 is 5.91 Å². The average Bonchev–Trinajstić information content (AvgIpc) is 3.09. The van der Waals surface area contributed by atoms with Crippen LogP contribution in [-0.4, -0.2) is 24.2 Å². The number of carbonyl (C=O) groups is 1. The number of ether oxygens (including phenoxy) is 1. The Bertz CT molecular complexity index is 587. The van der Waals surface area contributed by atoms with E-state index in [1.54, 1.807) is 19.2 Å². The molecule has 1 aromatic carbocycles. The predicted molar refractivity (Wildman–Crippen MR) is 78.5 cm³/mol. The van der Waals surface area contributed by atoms with E-state index in [9.17, 15) is 18.0 Å². The monoisotopic (exact) mass is 327 g/mol. The lowest BCUT2D eigenvalue weighted by atomic mass is 9.88. The Morgan fingerprint density at radius 2 is 2.00 bits per heavy atom. The van der Waals surface area contributed by atoms with E-state index in [-0.39, 0.29) is 24.1 Å². The molecule has 2 aliphatic carbocycles. The van der Waals surface area contributed by atoms with E-state index in [1.807, 2.05) is 0 Å². The molecule has 0 N–H and O–H groups in total. The summed E-state index contributed by atoms with van der Waals surface area (Å²) < 4.78 is 41.4. The number of nitrogens with zero attached hydrogens (tertiary/aromatic N) is 1. The van der Waals surface area contributed by atoms with Gasteiger partial charge in [-0.25, -0.2) is 0 Å². The maximum Gasteiger partial charge on any atom is 0.573 e. The highest BCUT2D eigenvalue weighted by Crippen LogP contribution is 2.48. The predicted octanol–water partition coefficient (Wildman–Crippen LogP) is 3.98. The van der Waals surface area contributed by atoms with E-state index in [4.69, 9.17) is 0 Å². The molecule has 3 atom stereocenters. The molecule has 0 aliphatic heterocycles. The fraction of sp³-hybridized carbons (Fsp3) is 0.588. The molecule has 3 unspecified atom stereocenters. The first-order chi connectivity index (χ1) is 10.8. The number of rotatable bonds is 4. The van der Waals surface area contributed by atoms with Crippen LogP contribution < -0.4 is 4.74 Å². The molecule has 3 nitrogen and oxygen atoms in total. The Morgan fingerprint density at radius 3 is 2.61 bits per heavy atom. The van der Waals surface area contributed by atoms with Crippen molar-refractivity contribution in [2.45, 2.75) is 38.6 Å². The highest BCUT2D eigenvalue weighted by Gasteiger charge is 2.44. The summed E-state index contributed by atoms with van der Waals surface area (Å²) in [5.74, 6) is 0.945. The summed E-state index contributed by atoms with van der Waals surface area (Å²) in [7, 11) is 1.65. The molecule has 2 saturated carbocycles. The second-order valence-electron chi connectivity index (χ2n) is 6.63. The lowest BCUT2D eigenvalue weighted by molar-refractivity contribution is -0.275. The first-order valence-electron chi connectivity index (χ1n) is 7.92. The van der Waals surface area contributed by atoms with Crippen LogP contribution >= 0.6 is 0 Å². The highest BCUT2D eigenvalue weighted by molar-refractivity contribution is 5.79. The van der Waals surface area contributed by atoms with E-state index in [1.165, 1.54) is 23.5 Å². The Morgan fingerprint density at radius 1 is 1.26 bits per heavy atom. The molecule has 1 amide bonds. The summed E-state index contributed by atoms with van der Waals surface area (Å²) in [6, 6.07) is 5.97. The molecule has 0 saturated heterocycles. The number of para-hydroxylation sites is 1. The van der Waals surface area contributed by atoms with Crippen LogP contribution in [0, 0.1) is 17.8 Å². The fourth-order valence-corrected chi connectivity index (χ4v) is 4.02. The van der Waals surface area contributed by atoms with Gasteiger partial charge in [-0.2, -0.15) is 0 Å². The van der Waals surface area contributed by atoms with E-state index in [0.29, 0.717) is 17.4 Å². The Balaban J connectivity index is 1.68. The third-order valence-electron chi connectivity index (χ3n) is 5.04. The number of halogens is 3. The Labute approximate surface area is 133 Å². The number of hydrogen-bond acceptors (Lipinski definition) is 2. The second kappa shape index (κ2) is 6.06. The number of benzene rings is 1. The second-order valence-corrected chi connectivity index (χ2v) is 6.63. The molecular formula is C17H20F3NO2. The van der Waals surface area contributed by atoms with Crippen LogP contribution in [0.5, 0.6) is 5.75 Å².